The van der Waals surface area contributed by atoms with Gasteiger partial charge in [-0.05, 0) is 64.2 Å². The molecule has 0 spiro atoms. The fourth-order valence-corrected chi connectivity index (χ4v) is 4.59. The van der Waals surface area contributed by atoms with Crippen molar-refractivity contribution in [2.75, 3.05) is 41.0 Å². The van der Waals surface area contributed by atoms with Crippen molar-refractivity contribution in [1.29, 1.82) is 0 Å². The number of carboxylic acid groups (broad SMARTS) is 1. The molecular formula is C44H68NO7+. The van der Waals surface area contributed by atoms with Gasteiger partial charge < -0.3 is 23.8 Å². The third-order valence-corrected chi connectivity index (χ3v) is 7.46. The van der Waals surface area contributed by atoms with Gasteiger partial charge in [0.15, 0.2) is 12.1 Å². The number of hydrogen-bond donors (Lipinski definition) is 1. The fraction of sp³-hybridized carbons (Fsp3) is 0.523. The molecule has 52 heavy (non-hydrogen) atoms. The summed E-state index contributed by atoms with van der Waals surface area (Å²) in [5, 5.41) is 9.57. The molecule has 8 heteroatoms. The van der Waals surface area contributed by atoms with Gasteiger partial charge in [-0.1, -0.05) is 123 Å². The Balaban J connectivity index is 4.63. The molecular weight excluding hydrogens is 654 g/mol. The summed E-state index contributed by atoms with van der Waals surface area (Å²) in [5.74, 6) is -1.75. The van der Waals surface area contributed by atoms with Gasteiger partial charge in [0.2, 0.25) is 0 Å². The summed E-state index contributed by atoms with van der Waals surface area (Å²) in [6.07, 6.45) is 46.2. The Morgan fingerprint density at radius 1 is 0.577 bits per heavy atom. The van der Waals surface area contributed by atoms with Crippen molar-refractivity contribution in [3.63, 3.8) is 0 Å². The molecule has 0 fully saturated rings. The van der Waals surface area contributed by atoms with Crippen molar-refractivity contribution >= 4 is 17.9 Å². The second-order valence-corrected chi connectivity index (χ2v) is 13.1. The average molecular weight is 723 g/mol. The van der Waals surface area contributed by atoms with E-state index in [2.05, 4.69) is 92.8 Å². The summed E-state index contributed by atoms with van der Waals surface area (Å²) in [5.41, 5.74) is 0. The van der Waals surface area contributed by atoms with Gasteiger partial charge in [-0.2, -0.15) is 0 Å². The lowest BCUT2D eigenvalue weighted by atomic mass is 10.1. The molecule has 0 aliphatic rings. The average Bonchev–Trinajstić information content (AvgIpc) is 3.09. The first-order valence-corrected chi connectivity index (χ1v) is 18.9. The molecule has 2 atom stereocenters. The number of carboxylic acids is 1. The number of hydrogen-bond acceptors (Lipinski definition) is 6. The highest BCUT2D eigenvalue weighted by Crippen LogP contribution is 2.10. The van der Waals surface area contributed by atoms with Crippen LogP contribution in [0.3, 0.4) is 0 Å². The maximum absolute atomic E-state index is 12.6. The number of aliphatic carboxylic acids is 1. The number of rotatable bonds is 31. The number of likely N-dealkylation sites (N-methyl/N-ethyl adjacent to an activating group) is 1. The zero-order valence-electron chi connectivity index (χ0n) is 32.7. The Morgan fingerprint density at radius 2 is 1.00 bits per heavy atom. The fourth-order valence-electron chi connectivity index (χ4n) is 4.59. The lowest BCUT2D eigenvalue weighted by molar-refractivity contribution is -0.887. The summed E-state index contributed by atoms with van der Waals surface area (Å²) in [6.45, 7) is 4.26. The minimum absolute atomic E-state index is 0.00444. The molecule has 0 amide bonds. The van der Waals surface area contributed by atoms with Gasteiger partial charge in [-0.15, -0.1) is 0 Å². The van der Waals surface area contributed by atoms with Gasteiger partial charge in [0, 0.05) is 12.8 Å². The first kappa shape index (κ1) is 48.0. The van der Waals surface area contributed by atoms with Gasteiger partial charge in [-0.3, -0.25) is 9.59 Å². The van der Waals surface area contributed by atoms with Crippen molar-refractivity contribution in [3.05, 3.63) is 109 Å². The molecule has 1 N–H and O–H groups in total. The van der Waals surface area contributed by atoms with E-state index in [1.165, 1.54) is 0 Å². The molecule has 2 unspecified atom stereocenters. The molecule has 0 aromatic rings. The molecule has 0 bridgehead atoms. The lowest BCUT2D eigenvalue weighted by Gasteiger charge is -2.31. The Hall–Kier alpha value is -4.01. The van der Waals surface area contributed by atoms with E-state index in [9.17, 15) is 19.5 Å². The van der Waals surface area contributed by atoms with Crippen LogP contribution in [0.5, 0.6) is 0 Å². The number of carbonyl (C=O) groups excluding carboxylic acids is 2. The van der Waals surface area contributed by atoms with E-state index >= 15 is 0 Å². The Kier molecular flexibility index (Phi) is 31.5. The predicted octanol–water partition coefficient (Wildman–Crippen LogP) is 9.73. The van der Waals surface area contributed by atoms with Gasteiger partial charge in [0.1, 0.15) is 6.61 Å². The van der Waals surface area contributed by atoms with Crippen LogP contribution in [0.4, 0.5) is 0 Å². The molecule has 8 nitrogen and oxygen atoms in total. The molecule has 0 aliphatic carbocycles. The summed E-state index contributed by atoms with van der Waals surface area (Å²) in [4.78, 5) is 36.6. The zero-order chi connectivity index (χ0) is 38.5. The first-order valence-electron chi connectivity index (χ1n) is 18.9. The van der Waals surface area contributed by atoms with Crippen LogP contribution in [0.2, 0.25) is 0 Å². The highest BCUT2D eigenvalue weighted by molar-refractivity contribution is 5.72. The molecule has 0 saturated heterocycles. The molecule has 0 aromatic carbocycles. The number of esters is 2. The quantitative estimate of drug-likeness (QED) is 0.0329. The maximum atomic E-state index is 12.6. The van der Waals surface area contributed by atoms with Crippen molar-refractivity contribution in [2.45, 2.75) is 109 Å². The molecule has 0 radical (unpaired) electrons. The van der Waals surface area contributed by atoms with E-state index in [1.54, 1.807) is 6.08 Å². The van der Waals surface area contributed by atoms with Gasteiger partial charge in [0.25, 0.3) is 0 Å². The summed E-state index contributed by atoms with van der Waals surface area (Å²) in [6, 6.07) is -0.644. The minimum Gasteiger partial charge on any atom is -0.477 e. The van der Waals surface area contributed by atoms with Crippen LogP contribution >= 0.6 is 0 Å². The number of quaternary nitrogens is 1. The van der Waals surface area contributed by atoms with E-state index < -0.39 is 30.1 Å². The summed E-state index contributed by atoms with van der Waals surface area (Å²) in [7, 11) is 5.45. The van der Waals surface area contributed by atoms with Crippen LogP contribution in [-0.2, 0) is 28.6 Å². The normalized spacial score (nSPS) is 14.2. The monoisotopic (exact) mass is 722 g/mol. The van der Waals surface area contributed by atoms with E-state index in [-0.39, 0.29) is 43.6 Å². The molecule has 0 heterocycles. The van der Waals surface area contributed by atoms with Gasteiger partial charge in [0.05, 0.1) is 40.8 Å². The van der Waals surface area contributed by atoms with Crippen LogP contribution < -0.4 is 0 Å². The molecule has 0 saturated carbocycles. The minimum atomic E-state index is -0.903. The van der Waals surface area contributed by atoms with Crippen molar-refractivity contribution in [2.24, 2.45) is 0 Å². The molecule has 290 valence electrons. The van der Waals surface area contributed by atoms with E-state index in [0.717, 1.165) is 57.8 Å². The molecule has 0 aromatic heterocycles. The van der Waals surface area contributed by atoms with Crippen LogP contribution in [0.15, 0.2) is 109 Å². The van der Waals surface area contributed by atoms with Crippen LogP contribution in [-0.4, -0.2) is 80.6 Å². The van der Waals surface area contributed by atoms with Crippen molar-refractivity contribution in [3.8, 4) is 0 Å². The Bertz CT molecular complexity index is 1210. The SMILES string of the molecule is CC/C=C/C/C=C/C/C=C/C/C=C/C/C=C/C/C=C/CCC(=O)OC(COCCC(C(=O)O)[N+](C)(C)C)COC(=O)C/C=C/C/C=C/C/C=C/CC. The van der Waals surface area contributed by atoms with Crippen LogP contribution in [0.1, 0.15) is 97.3 Å². The molecule has 0 aliphatic heterocycles. The zero-order valence-corrected chi connectivity index (χ0v) is 32.7. The Labute approximate surface area is 315 Å². The lowest BCUT2D eigenvalue weighted by Crippen LogP contribution is -2.50. The maximum Gasteiger partial charge on any atom is 0.362 e. The molecule has 0 rings (SSSR count). The Morgan fingerprint density at radius 3 is 1.42 bits per heavy atom. The topological polar surface area (TPSA) is 99.1 Å². The standard InChI is InChI=1S/C44H67NO7/c1-6-8-10-12-14-16-17-18-19-20-21-22-23-24-25-27-29-31-33-35-43(47)52-40(38-50-37-36-41(44(48)49)45(3,4)5)39-51-42(46)34-32-30-28-26-15-13-11-9-7-2/h8-11,14-16,18-19,21-22,24-26,29-32,40-41H,6-7,12-13,17,20,23,27-28,33-39H2,1-5H3/p+1/b10-8+,11-9+,16-14+,19-18+,22-21+,25-24+,26-15+,31-29+,32-30+. The highest BCUT2D eigenvalue weighted by atomic mass is 16.6. The number of carbonyl (C=O) groups is 3. The van der Waals surface area contributed by atoms with Crippen molar-refractivity contribution in [1.82, 2.24) is 0 Å². The first-order chi connectivity index (χ1) is 25.1. The largest absolute Gasteiger partial charge is 0.477 e. The van der Waals surface area contributed by atoms with Crippen LogP contribution in [0.25, 0.3) is 0 Å². The third-order valence-electron chi connectivity index (χ3n) is 7.46. The van der Waals surface area contributed by atoms with E-state index in [4.69, 9.17) is 14.2 Å². The number of nitrogens with zero attached hydrogens (tertiary/aromatic N) is 1. The summed E-state index contributed by atoms with van der Waals surface area (Å²) < 4.78 is 16.9. The predicted molar refractivity (Wildman–Crippen MR) is 215 cm³/mol. The smallest absolute Gasteiger partial charge is 0.362 e. The highest BCUT2D eigenvalue weighted by Gasteiger charge is 2.31. The number of ether oxygens (including phenoxy) is 3. The summed E-state index contributed by atoms with van der Waals surface area (Å²) >= 11 is 0. The number of allylic oxidation sites excluding steroid dienone is 17. The van der Waals surface area contributed by atoms with Crippen molar-refractivity contribution < 1.29 is 38.2 Å². The van der Waals surface area contributed by atoms with Gasteiger partial charge in [-0.25, -0.2) is 4.79 Å². The van der Waals surface area contributed by atoms with E-state index in [0.29, 0.717) is 6.42 Å². The van der Waals surface area contributed by atoms with Crippen LogP contribution in [0, 0.1) is 0 Å². The van der Waals surface area contributed by atoms with E-state index in [1.807, 2.05) is 45.4 Å². The van der Waals surface area contributed by atoms with Gasteiger partial charge >= 0.3 is 17.9 Å². The second kappa shape index (κ2) is 34.1. The second-order valence-electron chi connectivity index (χ2n) is 13.1. The third kappa shape index (κ3) is 31.9.